The van der Waals surface area contributed by atoms with Crippen LogP contribution in [0.2, 0.25) is 0 Å². The van der Waals surface area contributed by atoms with E-state index in [4.69, 9.17) is 14.8 Å². The van der Waals surface area contributed by atoms with Gasteiger partial charge in [0.05, 0.1) is 37.9 Å². The molecule has 0 aliphatic carbocycles. The Morgan fingerprint density at radius 3 is 1.54 bits per heavy atom. The molecule has 9 nitrogen and oxygen atoms in total. The number of nitrogens with one attached hydrogen (secondary N) is 1. The lowest BCUT2D eigenvalue weighted by Crippen LogP contribution is -2.46. The molecule has 4 atom stereocenters. The van der Waals surface area contributed by atoms with Crippen LogP contribution in [0.5, 0.6) is 0 Å². The minimum absolute atomic E-state index is 0.0487. The van der Waals surface area contributed by atoms with E-state index in [9.17, 15) is 24.5 Å². The quantitative estimate of drug-likeness (QED) is 0.0235. The number of hydrogen-bond acceptors (Lipinski definition) is 7. The van der Waals surface area contributed by atoms with Gasteiger partial charge in [-0.15, -0.1) is 0 Å². The monoisotopic (exact) mass is 759 g/mol. The summed E-state index contributed by atoms with van der Waals surface area (Å²) in [6, 6.07) is -0.982. The first-order valence-electron chi connectivity index (χ1n) is 21.5. The van der Waals surface area contributed by atoms with Crippen molar-refractivity contribution in [1.82, 2.24) is 5.32 Å². The van der Waals surface area contributed by atoms with Crippen LogP contribution in [0, 0.1) is 0 Å². The molecule has 4 unspecified atom stereocenters. The lowest BCUT2D eigenvalue weighted by atomic mass is 10.0. The van der Waals surface area contributed by atoms with Gasteiger partial charge in [0, 0.05) is 6.54 Å². The van der Waals surface area contributed by atoms with Crippen LogP contribution in [0.3, 0.4) is 0 Å². The Balaban J connectivity index is 4.29. The Labute approximate surface area is 320 Å². The summed E-state index contributed by atoms with van der Waals surface area (Å²) in [6.07, 6.45) is 39.8. The van der Waals surface area contributed by atoms with E-state index in [-0.39, 0.29) is 19.6 Å². The van der Waals surface area contributed by atoms with Crippen molar-refractivity contribution in [2.75, 3.05) is 19.8 Å². The molecule has 10 heteroatoms. The van der Waals surface area contributed by atoms with Crippen molar-refractivity contribution in [2.45, 2.75) is 218 Å². The zero-order chi connectivity index (χ0) is 38.4. The van der Waals surface area contributed by atoms with Crippen molar-refractivity contribution in [1.29, 1.82) is 0 Å². The molecule has 0 saturated heterocycles. The molecular weight excluding hydrogens is 675 g/mol. The third-order valence-corrected chi connectivity index (χ3v) is 10.6. The summed E-state index contributed by atoms with van der Waals surface area (Å²) in [7, 11) is -4.39. The number of carbonyl (C=O) groups excluding carboxylic acids is 1. The number of aliphatic hydroxyl groups excluding tert-OH is 2. The number of aliphatic hydroxyl groups is 2. The maximum atomic E-state index is 12.8. The van der Waals surface area contributed by atoms with Gasteiger partial charge in [0.2, 0.25) is 5.91 Å². The summed E-state index contributed by atoms with van der Waals surface area (Å²) in [5.74, 6) is -0.451. The maximum Gasteiger partial charge on any atom is 0.472 e. The number of phosphoric acid groups is 1. The Morgan fingerprint density at radius 2 is 1.08 bits per heavy atom. The number of phosphoric ester groups is 1. The van der Waals surface area contributed by atoms with E-state index in [2.05, 4.69) is 31.3 Å². The zero-order valence-electron chi connectivity index (χ0n) is 33.7. The van der Waals surface area contributed by atoms with E-state index < -0.39 is 38.6 Å². The van der Waals surface area contributed by atoms with Crippen molar-refractivity contribution >= 4 is 13.7 Å². The highest BCUT2D eigenvalue weighted by Crippen LogP contribution is 2.43. The molecule has 0 radical (unpaired) electrons. The summed E-state index contributed by atoms with van der Waals surface area (Å²) >= 11 is 0. The van der Waals surface area contributed by atoms with Crippen molar-refractivity contribution in [3.8, 4) is 0 Å². The largest absolute Gasteiger partial charge is 0.472 e. The molecular formula is C42H83N2O7P. The molecule has 0 saturated carbocycles. The van der Waals surface area contributed by atoms with E-state index in [0.717, 1.165) is 51.4 Å². The van der Waals surface area contributed by atoms with Gasteiger partial charge in [-0.05, 0) is 44.9 Å². The molecule has 0 bridgehead atoms. The fourth-order valence-electron chi connectivity index (χ4n) is 6.29. The smallest absolute Gasteiger partial charge is 0.393 e. The van der Waals surface area contributed by atoms with Gasteiger partial charge in [-0.1, -0.05) is 173 Å². The van der Waals surface area contributed by atoms with Gasteiger partial charge < -0.3 is 26.2 Å². The zero-order valence-corrected chi connectivity index (χ0v) is 34.6. The normalized spacial score (nSPS) is 15.0. The van der Waals surface area contributed by atoms with Crippen LogP contribution in [-0.2, 0) is 18.4 Å². The first kappa shape index (κ1) is 50.9. The molecule has 0 fully saturated rings. The first-order valence-corrected chi connectivity index (χ1v) is 23.0. The van der Waals surface area contributed by atoms with Gasteiger partial charge in [0.1, 0.15) is 0 Å². The predicted octanol–water partition coefficient (Wildman–Crippen LogP) is 10.8. The lowest BCUT2D eigenvalue weighted by Gasteiger charge is -2.24. The Morgan fingerprint density at radius 1 is 0.654 bits per heavy atom. The van der Waals surface area contributed by atoms with Gasteiger partial charge >= 0.3 is 7.82 Å². The van der Waals surface area contributed by atoms with Crippen LogP contribution in [0.1, 0.15) is 200 Å². The molecule has 0 rings (SSSR count). The number of carbonyl (C=O) groups is 1. The molecule has 0 aliphatic heterocycles. The van der Waals surface area contributed by atoms with Crippen molar-refractivity contribution in [3.05, 3.63) is 24.3 Å². The summed E-state index contributed by atoms with van der Waals surface area (Å²) in [4.78, 5) is 22.7. The third-order valence-electron chi connectivity index (χ3n) is 9.58. The standard InChI is InChI=1S/C42H83N2O7P/c1-3-5-7-9-11-13-15-17-18-19-20-21-22-23-25-27-29-31-33-39(45)37-42(47)44-40(38-51-52(48,49)50-36-35-43)41(46)34-32-30-28-26-24-16-14-12-10-8-6-4-2/h20-21,32,34,39-41,45-46H,3-19,22-31,33,35-38,43H2,1-2H3,(H,44,47)(H,48,49)/b21-20-,34-32+. The second-order valence-corrected chi connectivity index (χ2v) is 16.2. The molecule has 308 valence electrons. The number of allylic oxidation sites excluding steroid dienone is 3. The van der Waals surface area contributed by atoms with Crippen molar-refractivity contribution in [3.63, 3.8) is 0 Å². The Hall–Kier alpha value is -1.06. The van der Waals surface area contributed by atoms with Gasteiger partial charge in [-0.3, -0.25) is 13.8 Å². The SMILES string of the molecule is CCCCCCCCCCC/C=C\CCCCCCCC(O)CC(=O)NC(COP(=O)(O)OCCN)C(O)/C=C/CCCCCCCCCCCC. The van der Waals surface area contributed by atoms with Crippen LogP contribution in [-0.4, -0.2) is 59.0 Å². The molecule has 52 heavy (non-hydrogen) atoms. The van der Waals surface area contributed by atoms with E-state index in [1.807, 2.05) is 6.08 Å². The van der Waals surface area contributed by atoms with Crippen molar-refractivity contribution in [2.24, 2.45) is 5.73 Å². The van der Waals surface area contributed by atoms with Crippen LogP contribution in [0.4, 0.5) is 0 Å². The predicted molar refractivity (Wildman–Crippen MR) is 218 cm³/mol. The maximum absolute atomic E-state index is 12.8. The van der Waals surface area contributed by atoms with Crippen molar-refractivity contribution < 1.29 is 33.5 Å². The molecule has 6 N–H and O–H groups in total. The highest BCUT2D eigenvalue weighted by Gasteiger charge is 2.27. The van der Waals surface area contributed by atoms with E-state index >= 15 is 0 Å². The Kier molecular flexibility index (Phi) is 37.4. The fourth-order valence-corrected chi connectivity index (χ4v) is 7.05. The third kappa shape index (κ3) is 35.9. The summed E-state index contributed by atoms with van der Waals surface area (Å²) < 4.78 is 22.0. The summed E-state index contributed by atoms with van der Waals surface area (Å²) in [5.41, 5.74) is 5.35. The minimum Gasteiger partial charge on any atom is -0.393 e. The number of rotatable bonds is 40. The lowest BCUT2D eigenvalue weighted by molar-refractivity contribution is -0.124. The van der Waals surface area contributed by atoms with Crippen LogP contribution >= 0.6 is 7.82 Å². The molecule has 0 aliphatic rings. The summed E-state index contributed by atoms with van der Waals surface area (Å²) in [5, 5.41) is 24.0. The Bertz CT molecular complexity index is 888. The number of hydrogen-bond donors (Lipinski definition) is 5. The molecule has 0 aromatic carbocycles. The summed E-state index contributed by atoms with van der Waals surface area (Å²) in [6.45, 7) is 3.96. The molecule has 0 spiro atoms. The van der Waals surface area contributed by atoms with E-state index in [1.54, 1.807) is 6.08 Å². The average molecular weight is 759 g/mol. The molecule has 0 aromatic rings. The topological polar surface area (TPSA) is 151 Å². The second kappa shape index (κ2) is 38.2. The second-order valence-electron chi connectivity index (χ2n) is 14.7. The van der Waals surface area contributed by atoms with Crippen LogP contribution in [0.25, 0.3) is 0 Å². The first-order chi connectivity index (χ1) is 25.3. The number of unbranched alkanes of at least 4 members (excludes halogenated alkanes) is 24. The van der Waals surface area contributed by atoms with Gasteiger partial charge in [0.25, 0.3) is 0 Å². The van der Waals surface area contributed by atoms with Gasteiger partial charge in [-0.2, -0.15) is 0 Å². The van der Waals surface area contributed by atoms with E-state index in [0.29, 0.717) is 6.42 Å². The minimum atomic E-state index is -4.39. The molecule has 0 heterocycles. The van der Waals surface area contributed by atoms with Crippen LogP contribution < -0.4 is 11.1 Å². The van der Waals surface area contributed by atoms with Gasteiger partial charge in [0.15, 0.2) is 0 Å². The average Bonchev–Trinajstić information content (AvgIpc) is 3.12. The number of nitrogens with two attached hydrogens (primary N) is 1. The molecule has 0 aromatic heterocycles. The number of amides is 1. The van der Waals surface area contributed by atoms with Crippen LogP contribution in [0.15, 0.2) is 24.3 Å². The molecule has 1 amide bonds. The van der Waals surface area contributed by atoms with Gasteiger partial charge in [-0.25, -0.2) is 4.57 Å². The highest BCUT2D eigenvalue weighted by atomic mass is 31.2. The fraction of sp³-hybridized carbons (Fsp3) is 0.881. The van der Waals surface area contributed by atoms with E-state index in [1.165, 1.54) is 122 Å². The highest BCUT2D eigenvalue weighted by molar-refractivity contribution is 7.47.